The summed E-state index contributed by atoms with van der Waals surface area (Å²) in [7, 11) is 0. The molecule has 1 aliphatic heterocycles. The maximum absolute atomic E-state index is 12.8. The van der Waals surface area contributed by atoms with E-state index < -0.39 is 11.4 Å². The van der Waals surface area contributed by atoms with Gasteiger partial charge in [0, 0.05) is 30.1 Å². The highest BCUT2D eigenvalue weighted by atomic mass is 16.7. The third-order valence-corrected chi connectivity index (χ3v) is 10.0. The van der Waals surface area contributed by atoms with Gasteiger partial charge in [0.05, 0.1) is 18.8 Å². The van der Waals surface area contributed by atoms with Crippen LogP contribution in [0.1, 0.15) is 69.4 Å². The summed E-state index contributed by atoms with van der Waals surface area (Å²) in [5.74, 6) is 0.655. The highest BCUT2D eigenvalue weighted by Crippen LogP contribution is 2.67. The van der Waals surface area contributed by atoms with E-state index in [1.807, 2.05) is 0 Å². The number of aryl methyl sites for hydroxylation is 1. The van der Waals surface area contributed by atoms with Gasteiger partial charge in [-0.3, -0.25) is 4.79 Å². The fraction of sp³-hybridized carbons (Fsp3) is 0.679. The molecule has 4 nitrogen and oxygen atoms in total. The fourth-order valence-electron chi connectivity index (χ4n) is 8.23. The van der Waals surface area contributed by atoms with Crippen LogP contribution in [0.3, 0.4) is 0 Å². The molecule has 0 amide bonds. The lowest BCUT2D eigenvalue weighted by Gasteiger charge is -2.62. The van der Waals surface area contributed by atoms with Crippen LogP contribution in [-0.2, 0) is 20.7 Å². The minimum absolute atomic E-state index is 0.206. The van der Waals surface area contributed by atoms with Crippen molar-refractivity contribution < 1.29 is 19.4 Å². The largest absolute Gasteiger partial charge is 0.389 e. The first-order chi connectivity index (χ1) is 15.3. The van der Waals surface area contributed by atoms with Gasteiger partial charge < -0.3 is 14.6 Å². The number of aliphatic hydroxyl groups is 1. The Hall–Kier alpha value is -1.49. The highest BCUT2D eigenvalue weighted by Gasteiger charge is 2.66. The molecule has 4 aliphatic carbocycles. The number of carbonyl (C=O) groups is 1. The number of benzene rings is 1. The van der Waals surface area contributed by atoms with Gasteiger partial charge >= 0.3 is 0 Å². The number of hydrogen-bond acceptors (Lipinski definition) is 4. The minimum Gasteiger partial charge on any atom is -0.389 e. The van der Waals surface area contributed by atoms with Crippen molar-refractivity contribution in [1.29, 1.82) is 0 Å². The van der Waals surface area contributed by atoms with Crippen LogP contribution in [0.4, 0.5) is 0 Å². The predicted octanol–water partition coefficient (Wildman–Crippen LogP) is 4.91. The third kappa shape index (κ3) is 2.82. The summed E-state index contributed by atoms with van der Waals surface area (Å²) >= 11 is 0. The van der Waals surface area contributed by atoms with Crippen molar-refractivity contribution in [2.75, 3.05) is 13.2 Å². The zero-order chi connectivity index (χ0) is 22.2. The molecule has 6 rings (SSSR count). The minimum atomic E-state index is -0.848. The molecule has 32 heavy (non-hydrogen) atoms. The van der Waals surface area contributed by atoms with Crippen LogP contribution in [0.5, 0.6) is 0 Å². The average molecular weight is 437 g/mol. The van der Waals surface area contributed by atoms with E-state index in [2.05, 4.69) is 44.2 Å². The van der Waals surface area contributed by atoms with Crippen molar-refractivity contribution in [2.45, 2.75) is 83.0 Å². The monoisotopic (exact) mass is 436 g/mol. The van der Waals surface area contributed by atoms with Crippen LogP contribution >= 0.6 is 0 Å². The summed E-state index contributed by atoms with van der Waals surface area (Å²) < 4.78 is 12.2. The lowest BCUT2D eigenvalue weighted by molar-refractivity contribution is -0.258. The summed E-state index contributed by atoms with van der Waals surface area (Å²) in [5, 5.41) is 12.4. The molecule has 1 heterocycles. The van der Waals surface area contributed by atoms with Crippen LogP contribution in [0, 0.1) is 29.6 Å². The molecule has 1 spiro atoms. The second-order valence-electron chi connectivity index (χ2n) is 11.6. The average Bonchev–Trinajstić information content (AvgIpc) is 3.34. The highest BCUT2D eigenvalue weighted by molar-refractivity contribution is 5.87. The predicted molar refractivity (Wildman–Crippen MR) is 122 cm³/mol. The first-order valence-electron chi connectivity index (χ1n) is 12.6. The summed E-state index contributed by atoms with van der Waals surface area (Å²) in [6.07, 6.45) is 9.76. The Morgan fingerprint density at radius 1 is 1.06 bits per heavy atom. The molecule has 4 fully saturated rings. The molecule has 0 radical (unpaired) electrons. The molecule has 5 aliphatic rings. The van der Waals surface area contributed by atoms with Gasteiger partial charge in [0.1, 0.15) is 5.78 Å². The van der Waals surface area contributed by atoms with E-state index in [4.69, 9.17) is 9.47 Å². The van der Waals surface area contributed by atoms with Gasteiger partial charge in [-0.15, -0.1) is 0 Å². The van der Waals surface area contributed by atoms with Gasteiger partial charge in [-0.25, -0.2) is 0 Å². The van der Waals surface area contributed by atoms with E-state index in [0.29, 0.717) is 37.3 Å². The number of ketones is 1. The first-order valence-corrected chi connectivity index (χ1v) is 12.6. The second kappa shape index (κ2) is 7.01. The molecule has 3 saturated carbocycles. The van der Waals surface area contributed by atoms with E-state index in [1.165, 1.54) is 16.7 Å². The molecule has 1 aromatic rings. The molecular formula is C28H36O4. The Balaban J connectivity index is 1.45. The lowest BCUT2D eigenvalue weighted by atomic mass is 9.45. The van der Waals surface area contributed by atoms with Crippen molar-refractivity contribution in [3.8, 4) is 0 Å². The van der Waals surface area contributed by atoms with E-state index in [9.17, 15) is 9.90 Å². The van der Waals surface area contributed by atoms with Gasteiger partial charge in [0.25, 0.3) is 0 Å². The van der Waals surface area contributed by atoms with Crippen molar-refractivity contribution >= 4 is 5.78 Å². The van der Waals surface area contributed by atoms with Crippen molar-refractivity contribution in [3.05, 3.63) is 47.0 Å². The zero-order valence-corrected chi connectivity index (χ0v) is 19.5. The molecule has 4 heteroatoms. The van der Waals surface area contributed by atoms with Crippen LogP contribution in [-0.4, -0.2) is 35.5 Å². The maximum atomic E-state index is 12.8. The van der Waals surface area contributed by atoms with E-state index in [0.717, 1.165) is 51.4 Å². The Bertz CT molecular complexity index is 958. The maximum Gasteiger partial charge on any atom is 0.171 e. The Morgan fingerprint density at radius 2 is 1.81 bits per heavy atom. The Kier molecular flexibility index (Phi) is 4.61. The number of allylic oxidation sites excluding steroid dienone is 1. The van der Waals surface area contributed by atoms with Crippen molar-refractivity contribution in [2.24, 2.45) is 22.7 Å². The standard InChI is InChI=1S/C28H36O4/c1-19-3-5-20(6-4-19)17-26-13-14-28(31-15-16-32-28)18-27(26,30)12-9-21-22-7-8-24(29)25(22,2)11-10-23(21)26/h3-6,10,21-22,30H,7-9,11-18H2,1-2H3/t21-,22-,25-,26+,27-/m0/s1. The number of carbonyl (C=O) groups excluding carboxylic acids is 1. The van der Waals surface area contributed by atoms with Gasteiger partial charge in [-0.2, -0.15) is 0 Å². The molecule has 0 aromatic heterocycles. The van der Waals surface area contributed by atoms with Gasteiger partial charge in [0.15, 0.2) is 5.79 Å². The van der Waals surface area contributed by atoms with E-state index >= 15 is 0 Å². The number of rotatable bonds is 2. The first kappa shape index (κ1) is 21.1. The number of hydrogen-bond donors (Lipinski definition) is 1. The molecule has 1 saturated heterocycles. The molecule has 1 N–H and O–H groups in total. The summed E-state index contributed by atoms with van der Waals surface area (Å²) in [6, 6.07) is 8.82. The van der Waals surface area contributed by atoms with Crippen LogP contribution in [0.15, 0.2) is 35.9 Å². The number of ether oxygens (including phenoxy) is 2. The molecule has 172 valence electrons. The summed E-state index contributed by atoms with van der Waals surface area (Å²) in [5.41, 5.74) is 2.63. The number of fused-ring (bicyclic) bond motifs is 5. The topological polar surface area (TPSA) is 55.8 Å². The van der Waals surface area contributed by atoms with Crippen LogP contribution < -0.4 is 0 Å². The Labute approximate surface area is 191 Å². The van der Waals surface area contributed by atoms with E-state index in [-0.39, 0.29) is 10.8 Å². The Morgan fingerprint density at radius 3 is 2.56 bits per heavy atom. The SMILES string of the molecule is Cc1ccc(C[C@@]23CCC4(C[C@@]2(O)CC[C@@H]2C3=CC[C@]3(C)C(=O)CC[C@@H]23)OCCO4)cc1. The zero-order valence-electron chi connectivity index (χ0n) is 19.5. The van der Waals surface area contributed by atoms with Crippen LogP contribution in [0.25, 0.3) is 0 Å². The van der Waals surface area contributed by atoms with Gasteiger partial charge in [-0.1, -0.05) is 48.4 Å². The third-order valence-electron chi connectivity index (χ3n) is 10.0. The van der Waals surface area contributed by atoms with E-state index in [1.54, 1.807) is 0 Å². The normalized spacial score (nSPS) is 42.3. The molecule has 0 unspecified atom stereocenters. The molecule has 0 bridgehead atoms. The lowest BCUT2D eigenvalue weighted by Crippen LogP contribution is -2.64. The van der Waals surface area contributed by atoms with Gasteiger partial charge in [0.2, 0.25) is 0 Å². The van der Waals surface area contributed by atoms with Gasteiger partial charge in [-0.05, 0) is 62.8 Å². The molecular weight excluding hydrogens is 400 g/mol. The smallest absolute Gasteiger partial charge is 0.171 e. The summed E-state index contributed by atoms with van der Waals surface area (Å²) in [4.78, 5) is 12.8. The molecule has 5 atom stereocenters. The molecule has 1 aromatic carbocycles. The number of Topliss-reactive ketones (excluding diaryl/α,β-unsaturated/α-hetero) is 1. The summed E-state index contributed by atoms with van der Waals surface area (Å²) in [6.45, 7) is 5.56. The van der Waals surface area contributed by atoms with Crippen molar-refractivity contribution in [3.63, 3.8) is 0 Å². The second-order valence-corrected chi connectivity index (χ2v) is 11.6. The fourth-order valence-corrected chi connectivity index (χ4v) is 8.23. The van der Waals surface area contributed by atoms with Crippen LogP contribution in [0.2, 0.25) is 0 Å². The van der Waals surface area contributed by atoms with Crippen molar-refractivity contribution in [1.82, 2.24) is 0 Å². The quantitative estimate of drug-likeness (QED) is 0.670.